The maximum Gasteiger partial charge on any atom is 0.397 e. The first-order chi connectivity index (χ1) is 18.0. The molecule has 4 nitrogen and oxygen atoms in total. The van der Waals surface area contributed by atoms with Gasteiger partial charge in [-0.1, -0.05) is 181 Å². The van der Waals surface area contributed by atoms with Crippen LogP contribution in [0.5, 0.6) is 0 Å². The Morgan fingerprint density at radius 2 is 0.703 bits per heavy atom. The lowest BCUT2D eigenvalue weighted by Crippen LogP contribution is -2.14. The third-order valence-corrected chi connectivity index (χ3v) is 8.32. The van der Waals surface area contributed by atoms with E-state index in [1.54, 1.807) is 0 Å². The summed E-state index contributed by atoms with van der Waals surface area (Å²) in [4.78, 5) is 0. The van der Waals surface area contributed by atoms with Crippen molar-refractivity contribution in [1.82, 2.24) is 0 Å². The van der Waals surface area contributed by atoms with Gasteiger partial charge in [0.05, 0.1) is 6.61 Å². The summed E-state index contributed by atoms with van der Waals surface area (Å²) in [5.41, 5.74) is 0. The number of hydrogen-bond acceptors (Lipinski definition) is 3. The van der Waals surface area contributed by atoms with Crippen molar-refractivity contribution in [2.24, 2.45) is 5.92 Å². The highest BCUT2D eigenvalue weighted by molar-refractivity contribution is 7.80. The van der Waals surface area contributed by atoms with E-state index in [0.717, 1.165) is 25.7 Å². The van der Waals surface area contributed by atoms with Gasteiger partial charge in [-0.3, -0.25) is 4.55 Å². The maximum atomic E-state index is 11.0. The van der Waals surface area contributed by atoms with Crippen LogP contribution in [0.25, 0.3) is 0 Å². The minimum Gasteiger partial charge on any atom is -0.264 e. The van der Waals surface area contributed by atoms with Crippen LogP contribution in [0.1, 0.15) is 194 Å². The minimum absolute atomic E-state index is 0.133. The Kier molecular flexibility index (Phi) is 28.8. The lowest BCUT2D eigenvalue weighted by atomic mass is 9.94. The average Bonchev–Trinajstić information content (AvgIpc) is 2.87. The lowest BCUT2D eigenvalue weighted by Gasteiger charge is -2.16. The van der Waals surface area contributed by atoms with Gasteiger partial charge in [0.2, 0.25) is 0 Å². The van der Waals surface area contributed by atoms with Crippen LogP contribution in [0, 0.1) is 5.92 Å². The van der Waals surface area contributed by atoms with Crippen molar-refractivity contribution in [3.05, 3.63) is 0 Å². The van der Waals surface area contributed by atoms with Crippen molar-refractivity contribution in [2.75, 3.05) is 6.61 Å². The van der Waals surface area contributed by atoms with Gasteiger partial charge in [0.15, 0.2) is 0 Å². The van der Waals surface area contributed by atoms with Crippen molar-refractivity contribution in [2.45, 2.75) is 194 Å². The first-order valence-electron chi connectivity index (χ1n) is 16.6. The normalized spacial score (nSPS) is 12.8. The minimum atomic E-state index is -4.33. The van der Waals surface area contributed by atoms with E-state index in [9.17, 15) is 8.42 Å². The summed E-state index contributed by atoms with van der Waals surface area (Å²) < 4.78 is 35.7. The quantitative estimate of drug-likeness (QED) is 0.0693. The van der Waals surface area contributed by atoms with Gasteiger partial charge in [-0.05, 0) is 18.8 Å². The fourth-order valence-electron chi connectivity index (χ4n) is 5.39. The van der Waals surface area contributed by atoms with Gasteiger partial charge >= 0.3 is 10.4 Å². The van der Waals surface area contributed by atoms with Crippen LogP contribution in [0.2, 0.25) is 0 Å². The molecule has 0 bridgehead atoms. The van der Waals surface area contributed by atoms with Crippen LogP contribution < -0.4 is 0 Å². The van der Waals surface area contributed by atoms with Crippen molar-refractivity contribution in [3.8, 4) is 0 Å². The number of unbranched alkanes of at least 4 members (excludes halogenated alkanes) is 24. The van der Waals surface area contributed by atoms with E-state index in [4.69, 9.17) is 8.74 Å². The Hall–Kier alpha value is -0.130. The van der Waals surface area contributed by atoms with Crippen LogP contribution in [0.15, 0.2) is 0 Å². The standard InChI is InChI=1S/C32H66O4S/c1-3-5-7-9-11-13-14-15-16-17-18-19-20-21-22-24-26-28-30-32(31-36-37(33,34)35)29-27-25-23-12-10-8-6-4-2/h32H,3-31H2,1-2H3,(H,33,34,35). The molecule has 0 aromatic heterocycles. The van der Waals surface area contributed by atoms with Crippen molar-refractivity contribution >= 4 is 10.4 Å². The zero-order valence-corrected chi connectivity index (χ0v) is 26.0. The van der Waals surface area contributed by atoms with Gasteiger partial charge in [0.25, 0.3) is 0 Å². The van der Waals surface area contributed by atoms with E-state index in [2.05, 4.69) is 13.8 Å². The molecule has 0 aliphatic rings. The Labute approximate surface area is 233 Å². The molecule has 37 heavy (non-hydrogen) atoms. The molecule has 0 amide bonds. The zero-order valence-electron chi connectivity index (χ0n) is 25.2. The van der Waals surface area contributed by atoms with Crippen LogP contribution in [-0.2, 0) is 14.6 Å². The molecule has 0 saturated carbocycles. The number of hydrogen-bond donors (Lipinski definition) is 1. The summed E-state index contributed by atoms with van der Waals surface area (Å²) >= 11 is 0. The zero-order chi connectivity index (χ0) is 27.3. The molecule has 0 heterocycles. The molecule has 0 radical (unpaired) electrons. The SMILES string of the molecule is CCCCCCCCCCCCCCCCCCCCC(CCCCCCCCCC)COS(=O)(=O)O. The molecule has 0 fully saturated rings. The van der Waals surface area contributed by atoms with E-state index >= 15 is 0 Å². The summed E-state index contributed by atoms with van der Waals surface area (Å²) in [5, 5.41) is 0. The highest BCUT2D eigenvalue weighted by atomic mass is 32.3. The van der Waals surface area contributed by atoms with Crippen LogP contribution in [0.3, 0.4) is 0 Å². The molecule has 5 heteroatoms. The Balaban J connectivity index is 3.61. The molecule has 0 aliphatic carbocycles. The maximum absolute atomic E-state index is 11.0. The summed E-state index contributed by atoms with van der Waals surface area (Å²) in [5.74, 6) is 0.239. The molecule has 224 valence electrons. The van der Waals surface area contributed by atoms with Crippen LogP contribution in [-0.4, -0.2) is 19.6 Å². The monoisotopic (exact) mass is 546 g/mol. The highest BCUT2D eigenvalue weighted by Gasteiger charge is 2.13. The van der Waals surface area contributed by atoms with Crippen LogP contribution >= 0.6 is 0 Å². The van der Waals surface area contributed by atoms with Gasteiger partial charge < -0.3 is 0 Å². The summed E-state index contributed by atoms with van der Waals surface area (Å²) in [7, 11) is -4.33. The first kappa shape index (κ1) is 36.9. The number of rotatable bonds is 31. The third-order valence-electron chi connectivity index (χ3n) is 7.88. The van der Waals surface area contributed by atoms with Gasteiger partial charge in [0.1, 0.15) is 0 Å². The van der Waals surface area contributed by atoms with Crippen molar-refractivity contribution in [1.29, 1.82) is 0 Å². The Morgan fingerprint density at radius 3 is 0.946 bits per heavy atom. The molecule has 0 aromatic rings. The Bertz CT molecular complexity index is 535. The molecule has 0 rings (SSSR count). The second-order valence-electron chi connectivity index (χ2n) is 11.6. The van der Waals surface area contributed by atoms with Gasteiger partial charge in [-0.2, -0.15) is 8.42 Å². The third kappa shape index (κ3) is 32.0. The smallest absolute Gasteiger partial charge is 0.264 e. The molecule has 0 aromatic carbocycles. The molecular formula is C32H66O4S. The van der Waals surface area contributed by atoms with E-state index < -0.39 is 10.4 Å². The van der Waals surface area contributed by atoms with Gasteiger partial charge in [-0.15, -0.1) is 0 Å². The molecule has 0 spiro atoms. The average molecular weight is 547 g/mol. The topological polar surface area (TPSA) is 63.6 Å². The molecule has 0 aliphatic heterocycles. The summed E-state index contributed by atoms with van der Waals surface area (Å²) in [6.45, 7) is 4.66. The fourth-order valence-corrected chi connectivity index (χ4v) is 5.76. The predicted molar refractivity (Wildman–Crippen MR) is 162 cm³/mol. The molecule has 1 unspecified atom stereocenters. The largest absolute Gasteiger partial charge is 0.397 e. The molecular weight excluding hydrogens is 480 g/mol. The molecule has 1 N–H and O–H groups in total. The second-order valence-corrected chi connectivity index (χ2v) is 12.7. The molecule has 0 saturated heterocycles. The van der Waals surface area contributed by atoms with E-state index in [1.165, 1.54) is 154 Å². The van der Waals surface area contributed by atoms with Gasteiger partial charge in [-0.25, -0.2) is 4.18 Å². The Morgan fingerprint density at radius 1 is 0.459 bits per heavy atom. The molecule has 1 atom stereocenters. The lowest BCUT2D eigenvalue weighted by molar-refractivity contribution is 0.204. The fraction of sp³-hybridized carbons (Fsp3) is 1.00. The van der Waals surface area contributed by atoms with Gasteiger partial charge in [0, 0.05) is 0 Å². The predicted octanol–water partition coefficient (Wildman–Crippen LogP) is 11.4. The second kappa shape index (κ2) is 28.9. The van der Waals surface area contributed by atoms with Crippen molar-refractivity contribution < 1.29 is 17.2 Å². The van der Waals surface area contributed by atoms with E-state index in [1.807, 2.05) is 0 Å². The van der Waals surface area contributed by atoms with E-state index in [0.29, 0.717) is 0 Å². The van der Waals surface area contributed by atoms with Crippen molar-refractivity contribution in [3.63, 3.8) is 0 Å². The first-order valence-corrected chi connectivity index (χ1v) is 18.0. The van der Waals surface area contributed by atoms with E-state index in [-0.39, 0.29) is 12.5 Å². The summed E-state index contributed by atoms with van der Waals surface area (Å²) in [6.07, 6.45) is 37.0. The highest BCUT2D eigenvalue weighted by Crippen LogP contribution is 2.21. The summed E-state index contributed by atoms with van der Waals surface area (Å²) in [6, 6.07) is 0. The van der Waals surface area contributed by atoms with Crippen LogP contribution in [0.4, 0.5) is 0 Å².